The van der Waals surface area contributed by atoms with Crippen molar-refractivity contribution in [2.75, 3.05) is 17.7 Å². The molecule has 27 heavy (non-hydrogen) atoms. The molecule has 1 heterocycles. The van der Waals surface area contributed by atoms with Crippen molar-refractivity contribution >= 4 is 23.3 Å². The van der Waals surface area contributed by atoms with Crippen LogP contribution in [0.1, 0.15) is 26.3 Å². The highest BCUT2D eigenvalue weighted by molar-refractivity contribution is 6.12. The number of aromatic nitrogens is 1. The molecule has 0 atom stereocenters. The van der Waals surface area contributed by atoms with Crippen molar-refractivity contribution in [1.82, 2.24) is 4.98 Å². The van der Waals surface area contributed by atoms with Crippen molar-refractivity contribution in [2.45, 2.75) is 6.92 Å². The molecule has 2 aromatic carbocycles. The molecule has 0 radical (unpaired) electrons. The first-order valence-electron chi connectivity index (χ1n) is 8.35. The standard InChI is InChI=1S/C21H19N3O3/c1-14-6-8-15(9-7-14)20(25)23-18-11-10-16(27-2)13-17(18)21(26)24-19-5-3-4-12-22-19/h3-13H,1-2H3,(H,23,25)(H,22,24,26). The fourth-order valence-corrected chi connectivity index (χ4v) is 2.47. The van der Waals surface area contributed by atoms with E-state index < -0.39 is 5.91 Å². The van der Waals surface area contributed by atoms with E-state index in [0.29, 0.717) is 22.8 Å². The van der Waals surface area contributed by atoms with E-state index in [0.717, 1.165) is 5.56 Å². The number of nitrogens with one attached hydrogen (secondary N) is 2. The molecule has 6 heteroatoms. The van der Waals surface area contributed by atoms with Crippen molar-refractivity contribution in [3.63, 3.8) is 0 Å². The number of carbonyl (C=O) groups is 2. The van der Waals surface area contributed by atoms with Crippen LogP contribution < -0.4 is 15.4 Å². The highest BCUT2D eigenvalue weighted by atomic mass is 16.5. The largest absolute Gasteiger partial charge is 0.497 e. The molecule has 0 bridgehead atoms. The number of aryl methyl sites for hydroxylation is 1. The molecule has 0 saturated heterocycles. The first kappa shape index (κ1) is 18.1. The summed E-state index contributed by atoms with van der Waals surface area (Å²) in [6.45, 7) is 1.95. The molecule has 3 aromatic rings. The minimum Gasteiger partial charge on any atom is -0.497 e. The van der Waals surface area contributed by atoms with Gasteiger partial charge < -0.3 is 15.4 Å². The van der Waals surface area contributed by atoms with Gasteiger partial charge in [0.2, 0.25) is 0 Å². The lowest BCUT2D eigenvalue weighted by molar-refractivity contribution is 0.102. The topological polar surface area (TPSA) is 80.3 Å². The molecule has 0 aliphatic heterocycles. The van der Waals surface area contributed by atoms with Crippen LogP contribution in [0.25, 0.3) is 0 Å². The fraction of sp³-hybridized carbons (Fsp3) is 0.0952. The Bertz CT molecular complexity index is 954. The van der Waals surface area contributed by atoms with Gasteiger partial charge in [0.05, 0.1) is 18.4 Å². The first-order chi connectivity index (χ1) is 13.1. The average molecular weight is 361 g/mol. The molecule has 2 N–H and O–H groups in total. The number of rotatable bonds is 5. The molecule has 0 fully saturated rings. The molecule has 6 nitrogen and oxygen atoms in total. The minimum atomic E-state index is -0.396. The summed E-state index contributed by atoms with van der Waals surface area (Å²) < 4.78 is 5.20. The van der Waals surface area contributed by atoms with E-state index in [4.69, 9.17) is 4.74 Å². The third-order valence-corrected chi connectivity index (χ3v) is 3.94. The van der Waals surface area contributed by atoms with E-state index in [2.05, 4.69) is 15.6 Å². The zero-order valence-corrected chi connectivity index (χ0v) is 15.0. The second-order valence-corrected chi connectivity index (χ2v) is 5.90. The van der Waals surface area contributed by atoms with E-state index in [-0.39, 0.29) is 11.5 Å². The maximum atomic E-state index is 12.7. The van der Waals surface area contributed by atoms with Crippen LogP contribution in [0.3, 0.4) is 0 Å². The quantitative estimate of drug-likeness (QED) is 0.722. The Morgan fingerprint density at radius 1 is 0.926 bits per heavy atom. The first-order valence-corrected chi connectivity index (χ1v) is 8.35. The van der Waals surface area contributed by atoms with Gasteiger partial charge in [-0.1, -0.05) is 23.8 Å². The normalized spacial score (nSPS) is 10.1. The summed E-state index contributed by atoms with van der Waals surface area (Å²) in [5, 5.41) is 5.50. The fourth-order valence-electron chi connectivity index (χ4n) is 2.47. The van der Waals surface area contributed by atoms with E-state index in [1.807, 2.05) is 19.1 Å². The van der Waals surface area contributed by atoms with Crippen molar-refractivity contribution in [3.05, 3.63) is 83.6 Å². The van der Waals surface area contributed by atoms with Crippen LogP contribution >= 0.6 is 0 Å². The number of pyridine rings is 1. The molecule has 0 aliphatic rings. The summed E-state index contributed by atoms with van der Waals surface area (Å²) in [5.41, 5.74) is 2.23. The lowest BCUT2D eigenvalue weighted by Crippen LogP contribution is -2.18. The van der Waals surface area contributed by atoms with Gasteiger partial charge in [0.25, 0.3) is 11.8 Å². The summed E-state index contributed by atoms with van der Waals surface area (Å²) in [5.74, 6) is 0.231. The summed E-state index contributed by atoms with van der Waals surface area (Å²) in [6.07, 6.45) is 1.58. The van der Waals surface area contributed by atoms with Gasteiger partial charge >= 0.3 is 0 Å². The van der Waals surface area contributed by atoms with Gasteiger partial charge in [-0.05, 0) is 49.4 Å². The van der Waals surface area contributed by atoms with Gasteiger partial charge in [0, 0.05) is 11.8 Å². The number of hydrogen-bond acceptors (Lipinski definition) is 4. The highest BCUT2D eigenvalue weighted by Crippen LogP contribution is 2.24. The molecule has 0 unspecified atom stereocenters. The number of anilines is 2. The van der Waals surface area contributed by atoms with Crippen molar-refractivity contribution < 1.29 is 14.3 Å². The second-order valence-electron chi connectivity index (χ2n) is 5.90. The van der Waals surface area contributed by atoms with Gasteiger partial charge in [-0.15, -0.1) is 0 Å². The zero-order chi connectivity index (χ0) is 19.2. The Labute approximate surface area is 157 Å². The smallest absolute Gasteiger partial charge is 0.259 e. The molecule has 0 aliphatic carbocycles. The van der Waals surface area contributed by atoms with Crippen molar-refractivity contribution in [1.29, 1.82) is 0 Å². The summed E-state index contributed by atoms with van der Waals surface area (Å²) >= 11 is 0. The molecule has 0 saturated carbocycles. The number of nitrogens with zero attached hydrogens (tertiary/aromatic N) is 1. The number of benzene rings is 2. The highest BCUT2D eigenvalue weighted by Gasteiger charge is 2.16. The third kappa shape index (κ3) is 4.49. The van der Waals surface area contributed by atoms with E-state index in [9.17, 15) is 9.59 Å². The van der Waals surface area contributed by atoms with Gasteiger partial charge in [-0.3, -0.25) is 9.59 Å². The maximum Gasteiger partial charge on any atom is 0.259 e. The van der Waals surface area contributed by atoms with Crippen LogP contribution in [0, 0.1) is 6.92 Å². The molecule has 3 rings (SSSR count). The van der Waals surface area contributed by atoms with E-state index in [1.165, 1.54) is 7.11 Å². The van der Waals surface area contributed by atoms with Crippen LogP contribution in [0.15, 0.2) is 66.9 Å². The number of hydrogen-bond donors (Lipinski definition) is 2. The van der Waals surface area contributed by atoms with Crippen LogP contribution in [0.2, 0.25) is 0 Å². The van der Waals surface area contributed by atoms with E-state index in [1.54, 1.807) is 54.7 Å². The number of amides is 2. The zero-order valence-electron chi connectivity index (χ0n) is 15.0. The number of carbonyl (C=O) groups excluding carboxylic acids is 2. The molecule has 2 amide bonds. The molecule has 0 spiro atoms. The Kier molecular flexibility index (Phi) is 5.47. The summed E-state index contributed by atoms with van der Waals surface area (Å²) in [7, 11) is 1.51. The van der Waals surface area contributed by atoms with Gasteiger partial charge in [0.1, 0.15) is 11.6 Å². The summed E-state index contributed by atoms with van der Waals surface area (Å²) in [6, 6.07) is 17.3. The minimum absolute atomic E-state index is 0.278. The Morgan fingerprint density at radius 2 is 1.70 bits per heavy atom. The van der Waals surface area contributed by atoms with Crippen LogP contribution in [-0.2, 0) is 0 Å². The Balaban J connectivity index is 1.87. The molecule has 136 valence electrons. The van der Waals surface area contributed by atoms with Gasteiger partial charge in [0.15, 0.2) is 0 Å². The molecular formula is C21H19N3O3. The Hall–Kier alpha value is -3.67. The van der Waals surface area contributed by atoms with E-state index >= 15 is 0 Å². The third-order valence-electron chi connectivity index (χ3n) is 3.94. The average Bonchev–Trinajstić information content (AvgIpc) is 2.69. The predicted octanol–water partition coefficient (Wildman–Crippen LogP) is 3.90. The Morgan fingerprint density at radius 3 is 2.37 bits per heavy atom. The SMILES string of the molecule is COc1ccc(NC(=O)c2ccc(C)cc2)c(C(=O)Nc2ccccn2)c1. The maximum absolute atomic E-state index is 12.7. The number of methoxy groups -OCH3 is 1. The summed E-state index contributed by atoms with van der Waals surface area (Å²) in [4.78, 5) is 29.3. The monoisotopic (exact) mass is 361 g/mol. The lowest BCUT2D eigenvalue weighted by atomic mass is 10.1. The van der Waals surface area contributed by atoms with Gasteiger partial charge in [-0.25, -0.2) is 4.98 Å². The van der Waals surface area contributed by atoms with Crippen LogP contribution in [-0.4, -0.2) is 23.9 Å². The van der Waals surface area contributed by atoms with Crippen molar-refractivity contribution in [3.8, 4) is 5.75 Å². The molecular weight excluding hydrogens is 342 g/mol. The number of ether oxygens (including phenoxy) is 1. The second kappa shape index (κ2) is 8.14. The van der Waals surface area contributed by atoms with Crippen LogP contribution in [0.5, 0.6) is 5.75 Å². The predicted molar refractivity (Wildman–Crippen MR) is 104 cm³/mol. The van der Waals surface area contributed by atoms with Gasteiger partial charge in [-0.2, -0.15) is 0 Å². The lowest BCUT2D eigenvalue weighted by Gasteiger charge is -2.13. The van der Waals surface area contributed by atoms with Crippen molar-refractivity contribution in [2.24, 2.45) is 0 Å². The van der Waals surface area contributed by atoms with Crippen LogP contribution in [0.4, 0.5) is 11.5 Å². The molecule has 1 aromatic heterocycles.